The molecule has 0 aromatic heterocycles. The molecule has 1 saturated carbocycles. The summed E-state index contributed by atoms with van der Waals surface area (Å²) >= 11 is 0. The molecule has 2 unspecified atom stereocenters. The molecule has 1 N–H and O–H groups in total. The molecule has 1 heterocycles. The normalized spacial score (nSPS) is 29.8. The monoisotopic (exact) mass is 238 g/mol. The van der Waals surface area contributed by atoms with Crippen LogP contribution >= 0.6 is 0 Å². The third-order valence-electron chi connectivity index (χ3n) is 4.46. The molecular weight excluding hydrogens is 208 g/mol. The third-order valence-corrected chi connectivity index (χ3v) is 4.46. The van der Waals surface area contributed by atoms with Gasteiger partial charge in [-0.3, -0.25) is 0 Å². The average Bonchev–Trinajstić information content (AvgIpc) is 2.77. The Kier molecular flexibility index (Phi) is 5.30. The van der Waals surface area contributed by atoms with E-state index in [9.17, 15) is 0 Å². The first-order chi connectivity index (χ1) is 8.27. The average molecular weight is 238 g/mol. The SMILES string of the molecule is CC(C)CNCCCN1CCCC2CCCC21. The van der Waals surface area contributed by atoms with Crippen molar-refractivity contribution in [2.75, 3.05) is 26.2 Å². The lowest BCUT2D eigenvalue weighted by molar-refractivity contribution is 0.112. The minimum absolute atomic E-state index is 0.782. The number of piperidine rings is 1. The molecule has 2 atom stereocenters. The van der Waals surface area contributed by atoms with Gasteiger partial charge in [-0.2, -0.15) is 0 Å². The minimum atomic E-state index is 0.782. The summed E-state index contributed by atoms with van der Waals surface area (Å²) < 4.78 is 0. The fraction of sp³-hybridized carbons (Fsp3) is 1.00. The molecule has 100 valence electrons. The fourth-order valence-corrected chi connectivity index (χ4v) is 3.63. The van der Waals surface area contributed by atoms with E-state index >= 15 is 0 Å². The maximum absolute atomic E-state index is 3.56. The molecule has 2 rings (SSSR count). The van der Waals surface area contributed by atoms with Crippen molar-refractivity contribution < 1.29 is 0 Å². The fourth-order valence-electron chi connectivity index (χ4n) is 3.63. The molecule has 0 radical (unpaired) electrons. The molecule has 0 amide bonds. The summed E-state index contributed by atoms with van der Waals surface area (Å²) in [5.41, 5.74) is 0. The highest BCUT2D eigenvalue weighted by molar-refractivity contribution is 4.88. The van der Waals surface area contributed by atoms with Crippen LogP contribution in [0.25, 0.3) is 0 Å². The Bertz CT molecular complexity index is 215. The lowest BCUT2D eigenvalue weighted by Crippen LogP contribution is -2.43. The highest BCUT2D eigenvalue weighted by atomic mass is 15.2. The second-order valence-corrected chi connectivity index (χ2v) is 6.39. The van der Waals surface area contributed by atoms with Crippen LogP contribution in [0.1, 0.15) is 52.4 Å². The lowest BCUT2D eigenvalue weighted by atomic mass is 9.92. The Hall–Kier alpha value is -0.0800. The molecule has 1 aliphatic heterocycles. The largest absolute Gasteiger partial charge is 0.316 e. The van der Waals surface area contributed by atoms with Crippen LogP contribution in [-0.2, 0) is 0 Å². The van der Waals surface area contributed by atoms with Crippen molar-refractivity contribution in [1.29, 1.82) is 0 Å². The molecular formula is C15H30N2. The van der Waals surface area contributed by atoms with Crippen LogP contribution < -0.4 is 5.32 Å². The maximum Gasteiger partial charge on any atom is 0.0123 e. The van der Waals surface area contributed by atoms with E-state index in [1.807, 2.05) is 0 Å². The number of hydrogen-bond acceptors (Lipinski definition) is 2. The van der Waals surface area contributed by atoms with Crippen LogP contribution in [-0.4, -0.2) is 37.1 Å². The second kappa shape index (κ2) is 6.75. The van der Waals surface area contributed by atoms with Crippen molar-refractivity contribution in [3.05, 3.63) is 0 Å². The molecule has 1 aliphatic carbocycles. The summed E-state index contributed by atoms with van der Waals surface area (Å²) in [5, 5.41) is 3.56. The maximum atomic E-state index is 3.56. The molecule has 1 saturated heterocycles. The van der Waals surface area contributed by atoms with E-state index in [1.165, 1.54) is 64.7 Å². The van der Waals surface area contributed by atoms with Gasteiger partial charge in [-0.25, -0.2) is 0 Å². The van der Waals surface area contributed by atoms with Crippen molar-refractivity contribution in [3.63, 3.8) is 0 Å². The number of fused-ring (bicyclic) bond motifs is 1. The number of rotatable bonds is 6. The summed E-state index contributed by atoms with van der Waals surface area (Å²) in [4.78, 5) is 2.79. The van der Waals surface area contributed by atoms with Gasteiger partial charge in [-0.1, -0.05) is 20.3 Å². The zero-order valence-corrected chi connectivity index (χ0v) is 11.8. The highest BCUT2D eigenvalue weighted by Crippen LogP contribution is 2.36. The van der Waals surface area contributed by atoms with Crippen molar-refractivity contribution in [2.24, 2.45) is 11.8 Å². The van der Waals surface area contributed by atoms with Crippen molar-refractivity contribution in [1.82, 2.24) is 10.2 Å². The first-order valence-electron chi connectivity index (χ1n) is 7.72. The van der Waals surface area contributed by atoms with Gasteiger partial charge in [0.25, 0.3) is 0 Å². The van der Waals surface area contributed by atoms with E-state index in [-0.39, 0.29) is 0 Å². The van der Waals surface area contributed by atoms with Gasteiger partial charge in [-0.15, -0.1) is 0 Å². The Morgan fingerprint density at radius 1 is 1.18 bits per heavy atom. The summed E-state index contributed by atoms with van der Waals surface area (Å²) in [5.74, 6) is 1.83. The van der Waals surface area contributed by atoms with Crippen LogP contribution in [0, 0.1) is 11.8 Å². The van der Waals surface area contributed by atoms with Gasteiger partial charge in [-0.05, 0) is 70.1 Å². The first kappa shape index (κ1) is 13.4. The van der Waals surface area contributed by atoms with E-state index in [0.717, 1.165) is 17.9 Å². The van der Waals surface area contributed by atoms with E-state index < -0.39 is 0 Å². The molecule has 0 aromatic rings. The van der Waals surface area contributed by atoms with Crippen LogP contribution in [0.2, 0.25) is 0 Å². The molecule has 0 aromatic carbocycles. The number of nitrogens with one attached hydrogen (secondary N) is 1. The Labute approximate surface area is 107 Å². The minimum Gasteiger partial charge on any atom is -0.316 e. The molecule has 2 fully saturated rings. The summed E-state index contributed by atoms with van der Waals surface area (Å²) in [7, 11) is 0. The zero-order chi connectivity index (χ0) is 12.1. The summed E-state index contributed by atoms with van der Waals surface area (Å²) in [6, 6.07) is 0.953. The molecule has 2 nitrogen and oxygen atoms in total. The number of hydrogen-bond donors (Lipinski definition) is 1. The van der Waals surface area contributed by atoms with Gasteiger partial charge in [0.05, 0.1) is 0 Å². The van der Waals surface area contributed by atoms with Crippen LogP contribution in [0.15, 0.2) is 0 Å². The predicted molar refractivity (Wildman–Crippen MR) is 74.3 cm³/mol. The predicted octanol–water partition coefficient (Wildman–Crippen LogP) is 2.89. The van der Waals surface area contributed by atoms with Crippen molar-refractivity contribution in [3.8, 4) is 0 Å². The van der Waals surface area contributed by atoms with E-state index in [0.29, 0.717) is 0 Å². The van der Waals surface area contributed by atoms with Crippen LogP contribution in [0.3, 0.4) is 0 Å². The Balaban J connectivity index is 1.61. The van der Waals surface area contributed by atoms with Gasteiger partial charge < -0.3 is 10.2 Å². The Morgan fingerprint density at radius 3 is 2.82 bits per heavy atom. The van der Waals surface area contributed by atoms with Gasteiger partial charge in [0.15, 0.2) is 0 Å². The zero-order valence-electron chi connectivity index (χ0n) is 11.8. The van der Waals surface area contributed by atoms with Crippen molar-refractivity contribution >= 4 is 0 Å². The standard InChI is InChI=1S/C15H30N2/c1-13(2)12-16-9-5-11-17-10-4-7-14-6-3-8-15(14)17/h13-16H,3-12H2,1-2H3. The number of likely N-dealkylation sites (tertiary alicyclic amines) is 1. The van der Waals surface area contributed by atoms with E-state index in [4.69, 9.17) is 0 Å². The van der Waals surface area contributed by atoms with E-state index in [2.05, 4.69) is 24.1 Å². The first-order valence-corrected chi connectivity index (χ1v) is 7.72. The van der Waals surface area contributed by atoms with Crippen molar-refractivity contribution in [2.45, 2.75) is 58.4 Å². The molecule has 2 heteroatoms. The van der Waals surface area contributed by atoms with Gasteiger partial charge >= 0.3 is 0 Å². The lowest BCUT2D eigenvalue weighted by Gasteiger charge is -2.37. The number of nitrogens with zero attached hydrogens (tertiary/aromatic N) is 1. The molecule has 0 spiro atoms. The van der Waals surface area contributed by atoms with Crippen LogP contribution in [0.5, 0.6) is 0 Å². The Morgan fingerprint density at radius 2 is 2.00 bits per heavy atom. The topological polar surface area (TPSA) is 15.3 Å². The van der Waals surface area contributed by atoms with Gasteiger partial charge in [0.1, 0.15) is 0 Å². The third kappa shape index (κ3) is 3.96. The smallest absolute Gasteiger partial charge is 0.0123 e. The molecule has 17 heavy (non-hydrogen) atoms. The second-order valence-electron chi connectivity index (χ2n) is 6.39. The molecule has 2 aliphatic rings. The molecule has 0 bridgehead atoms. The summed E-state index contributed by atoms with van der Waals surface area (Å²) in [6.45, 7) is 9.62. The quantitative estimate of drug-likeness (QED) is 0.716. The van der Waals surface area contributed by atoms with Gasteiger partial charge in [0, 0.05) is 6.04 Å². The summed E-state index contributed by atoms with van der Waals surface area (Å²) in [6.07, 6.45) is 8.75. The van der Waals surface area contributed by atoms with Gasteiger partial charge in [0.2, 0.25) is 0 Å². The van der Waals surface area contributed by atoms with E-state index in [1.54, 1.807) is 0 Å². The highest BCUT2D eigenvalue weighted by Gasteiger charge is 2.34. The van der Waals surface area contributed by atoms with Crippen LogP contribution in [0.4, 0.5) is 0 Å².